The second-order valence-electron chi connectivity index (χ2n) is 4.89. The quantitative estimate of drug-likeness (QED) is 0.674. The first kappa shape index (κ1) is 12.5. The van der Waals surface area contributed by atoms with E-state index in [1.165, 1.54) is 19.3 Å². The standard InChI is InChI=1S/C12H24N2O/c1-4-11(7-10-5-6-10)14-12(15)8-13-9(2)3/h9-11,13H,4-8H2,1-3H3,(H,14,15). The van der Waals surface area contributed by atoms with Crippen molar-refractivity contribution in [3.63, 3.8) is 0 Å². The second kappa shape index (κ2) is 6.11. The molecule has 0 saturated heterocycles. The van der Waals surface area contributed by atoms with Gasteiger partial charge in [-0.05, 0) is 18.8 Å². The Morgan fingerprint density at radius 3 is 2.53 bits per heavy atom. The summed E-state index contributed by atoms with van der Waals surface area (Å²) in [6, 6.07) is 0.762. The molecule has 0 aromatic rings. The van der Waals surface area contributed by atoms with Crippen LogP contribution in [-0.4, -0.2) is 24.5 Å². The lowest BCUT2D eigenvalue weighted by atomic mass is 10.1. The molecule has 3 nitrogen and oxygen atoms in total. The molecule has 1 amide bonds. The van der Waals surface area contributed by atoms with E-state index in [2.05, 4.69) is 31.4 Å². The maximum atomic E-state index is 11.5. The van der Waals surface area contributed by atoms with Gasteiger partial charge in [0.2, 0.25) is 5.91 Å². The first-order valence-electron chi connectivity index (χ1n) is 6.14. The lowest BCUT2D eigenvalue weighted by Gasteiger charge is -2.17. The Balaban J connectivity index is 2.15. The highest BCUT2D eigenvalue weighted by molar-refractivity contribution is 5.78. The number of carbonyl (C=O) groups excluding carboxylic acids is 1. The van der Waals surface area contributed by atoms with E-state index < -0.39 is 0 Å². The predicted octanol–water partition coefficient (Wildman–Crippen LogP) is 1.68. The van der Waals surface area contributed by atoms with Crippen LogP contribution in [0.2, 0.25) is 0 Å². The SMILES string of the molecule is CCC(CC1CC1)NC(=O)CNC(C)C. The largest absolute Gasteiger partial charge is 0.352 e. The Bertz CT molecular complexity index is 200. The number of nitrogens with one attached hydrogen (secondary N) is 2. The summed E-state index contributed by atoms with van der Waals surface area (Å²) >= 11 is 0. The van der Waals surface area contributed by atoms with E-state index in [1.807, 2.05) is 0 Å². The highest BCUT2D eigenvalue weighted by Gasteiger charge is 2.25. The monoisotopic (exact) mass is 212 g/mol. The van der Waals surface area contributed by atoms with Gasteiger partial charge in [0.1, 0.15) is 0 Å². The molecule has 1 saturated carbocycles. The molecule has 0 spiro atoms. The molecule has 0 heterocycles. The minimum absolute atomic E-state index is 0.135. The average molecular weight is 212 g/mol. The summed E-state index contributed by atoms with van der Waals surface area (Å²) in [5, 5.41) is 6.22. The van der Waals surface area contributed by atoms with E-state index in [1.54, 1.807) is 0 Å². The van der Waals surface area contributed by atoms with Crippen LogP contribution in [0.5, 0.6) is 0 Å². The summed E-state index contributed by atoms with van der Waals surface area (Å²) < 4.78 is 0. The average Bonchev–Trinajstić information content (AvgIpc) is 2.97. The fourth-order valence-electron chi connectivity index (χ4n) is 1.66. The van der Waals surface area contributed by atoms with Gasteiger partial charge in [0.25, 0.3) is 0 Å². The second-order valence-corrected chi connectivity index (χ2v) is 4.89. The molecule has 0 aromatic heterocycles. The van der Waals surface area contributed by atoms with Crippen molar-refractivity contribution in [3.8, 4) is 0 Å². The molecule has 3 heteroatoms. The fraction of sp³-hybridized carbons (Fsp3) is 0.917. The lowest BCUT2D eigenvalue weighted by molar-refractivity contribution is -0.121. The summed E-state index contributed by atoms with van der Waals surface area (Å²) in [6.45, 7) is 6.69. The van der Waals surface area contributed by atoms with E-state index in [4.69, 9.17) is 0 Å². The number of amides is 1. The molecule has 1 atom stereocenters. The molecule has 1 unspecified atom stereocenters. The van der Waals surface area contributed by atoms with Crippen molar-refractivity contribution in [1.82, 2.24) is 10.6 Å². The van der Waals surface area contributed by atoms with Crippen molar-refractivity contribution in [3.05, 3.63) is 0 Å². The zero-order chi connectivity index (χ0) is 11.3. The van der Waals surface area contributed by atoms with Crippen molar-refractivity contribution in [2.24, 2.45) is 5.92 Å². The van der Waals surface area contributed by atoms with Crippen molar-refractivity contribution < 1.29 is 4.79 Å². The summed E-state index contributed by atoms with van der Waals surface area (Å²) in [7, 11) is 0. The molecule has 0 aliphatic heterocycles. The van der Waals surface area contributed by atoms with Gasteiger partial charge in [-0.25, -0.2) is 0 Å². The Hall–Kier alpha value is -0.570. The van der Waals surface area contributed by atoms with Crippen LogP contribution < -0.4 is 10.6 Å². The molecule has 2 N–H and O–H groups in total. The van der Waals surface area contributed by atoms with Crippen LogP contribution in [0.4, 0.5) is 0 Å². The highest BCUT2D eigenvalue weighted by atomic mass is 16.1. The van der Waals surface area contributed by atoms with Crippen molar-refractivity contribution in [2.75, 3.05) is 6.54 Å². The zero-order valence-corrected chi connectivity index (χ0v) is 10.2. The maximum absolute atomic E-state index is 11.5. The molecular formula is C12H24N2O. The van der Waals surface area contributed by atoms with Gasteiger partial charge in [0, 0.05) is 12.1 Å². The molecule has 1 aliphatic rings. The minimum atomic E-state index is 0.135. The smallest absolute Gasteiger partial charge is 0.234 e. The fourth-order valence-corrected chi connectivity index (χ4v) is 1.66. The van der Waals surface area contributed by atoms with E-state index >= 15 is 0 Å². The van der Waals surface area contributed by atoms with Crippen molar-refractivity contribution >= 4 is 5.91 Å². The Labute approximate surface area is 93.0 Å². The van der Waals surface area contributed by atoms with Gasteiger partial charge in [-0.1, -0.05) is 33.6 Å². The van der Waals surface area contributed by atoms with E-state index in [-0.39, 0.29) is 5.91 Å². The van der Waals surface area contributed by atoms with Gasteiger partial charge in [-0.2, -0.15) is 0 Å². The van der Waals surface area contributed by atoms with Gasteiger partial charge >= 0.3 is 0 Å². The number of carbonyl (C=O) groups is 1. The topological polar surface area (TPSA) is 41.1 Å². The van der Waals surface area contributed by atoms with Gasteiger partial charge in [0.05, 0.1) is 6.54 Å². The first-order chi connectivity index (χ1) is 7.11. The third kappa shape index (κ3) is 5.78. The van der Waals surface area contributed by atoms with Gasteiger partial charge in [0.15, 0.2) is 0 Å². The molecule has 0 radical (unpaired) electrons. The van der Waals surface area contributed by atoms with E-state index in [0.29, 0.717) is 18.6 Å². The molecule has 15 heavy (non-hydrogen) atoms. The third-order valence-corrected chi connectivity index (χ3v) is 2.84. The van der Waals surface area contributed by atoms with Crippen LogP contribution in [-0.2, 0) is 4.79 Å². The molecule has 1 aliphatic carbocycles. The van der Waals surface area contributed by atoms with Gasteiger partial charge in [-0.15, -0.1) is 0 Å². The molecular weight excluding hydrogens is 188 g/mol. The van der Waals surface area contributed by atoms with E-state index in [0.717, 1.165) is 12.3 Å². The van der Waals surface area contributed by atoms with Crippen LogP contribution in [0, 0.1) is 5.92 Å². The Morgan fingerprint density at radius 1 is 1.40 bits per heavy atom. The number of hydrogen-bond donors (Lipinski definition) is 2. The van der Waals surface area contributed by atoms with Gasteiger partial charge < -0.3 is 10.6 Å². The molecule has 0 aromatic carbocycles. The number of rotatable bonds is 7. The minimum Gasteiger partial charge on any atom is -0.352 e. The third-order valence-electron chi connectivity index (χ3n) is 2.84. The predicted molar refractivity (Wildman–Crippen MR) is 62.7 cm³/mol. The van der Waals surface area contributed by atoms with Crippen LogP contribution in [0.1, 0.15) is 46.5 Å². The summed E-state index contributed by atoms with van der Waals surface area (Å²) in [5.41, 5.74) is 0. The molecule has 88 valence electrons. The summed E-state index contributed by atoms with van der Waals surface area (Å²) in [6.07, 6.45) is 4.93. The highest BCUT2D eigenvalue weighted by Crippen LogP contribution is 2.33. The van der Waals surface area contributed by atoms with Crippen LogP contribution in [0.3, 0.4) is 0 Å². The van der Waals surface area contributed by atoms with Gasteiger partial charge in [-0.3, -0.25) is 4.79 Å². The molecule has 1 rings (SSSR count). The van der Waals surface area contributed by atoms with E-state index in [9.17, 15) is 4.79 Å². The van der Waals surface area contributed by atoms with Crippen LogP contribution in [0.15, 0.2) is 0 Å². The maximum Gasteiger partial charge on any atom is 0.234 e. The zero-order valence-electron chi connectivity index (χ0n) is 10.2. The normalized spacial score (nSPS) is 17.9. The Kier molecular flexibility index (Phi) is 5.09. The van der Waals surface area contributed by atoms with Crippen molar-refractivity contribution in [1.29, 1.82) is 0 Å². The van der Waals surface area contributed by atoms with Crippen LogP contribution >= 0.6 is 0 Å². The molecule has 1 fully saturated rings. The van der Waals surface area contributed by atoms with Crippen LogP contribution in [0.25, 0.3) is 0 Å². The number of hydrogen-bond acceptors (Lipinski definition) is 2. The van der Waals surface area contributed by atoms with Crippen molar-refractivity contribution in [2.45, 2.75) is 58.5 Å². The lowest BCUT2D eigenvalue weighted by Crippen LogP contribution is -2.42. The first-order valence-corrected chi connectivity index (χ1v) is 6.14. The Morgan fingerprint density at radius 2 is 2.07 bits per heavy atom. The molecule has 0 bridgehead atoms. The summed E-state index contributed by atoms with van der Waals surface area (Å²) in [5.74, 6) is 1.02. The summed E-state index contributed by atoms with van der Waals surface area (Å²) in [4.78, 5) is 11.5.